The number of rotatable bonds is 8. The van der Waals surface area contributed by atoms with Crippen molar-refractivity contribution in [3.05, 3.63) is 47.5 Å². The second-order valence-electron chi connectivity index (χ2n) is 6.61. The minimum Gasteiger partial charge on any atom is -0.478 e. The molecule has 1 aliphatic heterocycles. The molecule has 0 radical (unpaired) electrons. The van der Waals surface area contributed by atoms with Gasteiger partial charge in [-0.1, -0.05) is 18.2 Å². The van der Waals surface area contributed by atoms with E-state index in [1.165, 1.54) is 6.07 Å². The predicted molar refractivity (Wildman–Crippen MR) is 104 cm³/mol. The topological polar surface area (TPSA) is 99.1 Å². The lowest BCUT2D eigenvalue weighted by atomic mass is 10.0. The van der Waals surface area contributed by atoms with Gasteiger partial charge < -0.3 is 20.3 Å². The molecule has 0 atom stereocenters. The maximum Gasteiger partial charge on any atom is 0.416 e. The zero-order valence-corrected chi connectivity index (χ0v) is 16.7. The molecule has 1 saturated heterocycles. The molecule has 1 aliphatic rings. The van der Waals surface area contributed by atoms with Crippen molar-refractivity contribution in [1.29, 1.82) is 0 Å². The van der Waals surface area contributed by atoms with Crippen molar-refractivity contribution in [2.24, 2.45) is 0 Å². The van der Waals surface area contributed by atoms with E-state index in [4.69, 9.17) is 14.9 Å². The van der Waals surface area contributed by atoms with Gasteiger partial charge in [0, 0.05) is 38.4 Å². The molecule has 1 aromatic rings. The lowest BCUT2D eigenvalue weighted by Crippen LogP contribution is -2.44. The number of hydrogen-bond acceptors (Lipinski definition) is 5. The van der Waals surface area contributed by atoms with Gasteiger partial charge in [-0.3, -0.25) is 4.90 Å². The molecule has 168 valence electrons. The van der Waals surface area contributed by atoms with Gasteiger partial charge in [0.2, 0.25) is 0 Å². The van der Waals surface area contributed by atoms with E-state index in [1.54, 1.807) is 19.2 Å². The summed E-state index contributed by atoms with van der Waals surface area (Å²) in [6.45, 7) is 3.30. The Bertz CT molecular complexity index is 688. The van der Waals surface area contributed by atoms with Crippen LogP contribution in [0.25, 0.3) is 0 Å². The molecule has 1 heterocycles. The lowest BCUT2D eigenvalue weighted by Gasteiger charge is -2.35. The van der Waals surface area contributed by atoms with E-state index >= 15 is 0 Å². The Hall–Kier alpha value is -2.43. The Morgan fingerprint density at radius 2 is 1.73 bits per heavy atom. The van der Waals surface area contributed by atoms with Crippen LogP contribution in [0.2, 0.25) is 0 Å². The van der Waals surface area contributed by atoms with Crippen molar-refractivity contribution in [2.75, 3.05) is 33.4 Å². The van der Waals surface area contributed by atoms with Crippen LogP contribution in [0.1, 0.15) is 24.0 Å². The SMILES string of the molecule is COCCN(Cc1ccccc1C(F)(F)F)C1CCNCC1.O=C(O)/C=C/C(=O)O. The standard InChI is InChI=1S/C16H23F3N2O.C4H4O4/c1-22-11-10-21(14-6-8-20-9-7-14)12-13-4-2-3-5-15(13)16(17,18)19;5-3(6)1-2-4(7)8/h2-5,14,20H,6-12H2,1H3;1-2H,(H,5,6)(H,7,8)/b;2-1+. The summed E-state index contributed by atoms with van der Waals surface area (Å²) in [6.07, 6.45) is -1.28. The Labute approximate surface area is 173 Å². The highest BCUT2D eigenvalue weighted by Crippen LogP contribution is 2.32. The summed E-state index contributed by atoms with van der Waals surface area (Å²) in [4.78, 5) is 21.2. The summed E-state index contributed by atoms with van der Waals surface area (Å²) in [5.74, 6) is -2.51. The number of alkyl halides is 3. The molecule has 0 saturated carbocycles. The number of halogens is 3. The first-order valence-electron chi connectivity index (χ1n) is 9.38. The van der Waals surface area contributed by atoms with Crippen LogP contribution in [-0.4, -0.2) is 66.4 Å². The Kier molecular flexibility index (Phi) is 11.1. The van der Waals surface area contributed by atoms with E-state index in [0.29, 0.717) is 43.5 Å². The van der Waals surface area contributed by atoms with Crippen LogP contribution in [0.5, 0.6) is 0 Å². The number of carbonyl (C=O) groups is 2. The van der Waals surface area contributed by atoms with Crippen LogP contribution in [0.15, 0.2) is 36.4 Å². The second-order valence-corrected chi connectivity index (χ2v) is 6.61. The van der Waals surface area contributed by atoms with Gasteiger partial charge in [0.1, 0.15) is 0 Å². The molecule has 1 fully saturated rings. The van der Waals surface area contributed by atoms with E-state index < -0.39 is 23.7 Å². The minimum absolute atomic E-state index is 0.303. The van der Waals surface area contributed by atoms with Crippen molar-refractivity contribution in [3.8, 4) is 0 Å². The molecule has 2 rings (SSSR count). The number of piperidine rings is 1. The molecule has 0 unspecified atom stereocenters. The summed E-state index contributed by atoms with van der Waals surface area (Å²) < 4.78 is 44.5. The Balaban J connectivity index is 0.000000479. The molecule has 1 aromatic carbocycles. The molecule has 0 amide bonds. The fourth-order valence-corrected chi connectivity index (χ4v) is 3.07. The van der Waals surface area contributed by atoms with Crippen LogP contribution >= 0.6 is 0 Å². The molecular formula is C20H27F3N2O5. The average molecular weight is 432 g/mol. The van der Waals surface area contributed by atoms with E-state index in [9.17, 15) is 22.8 Å². The molecule has 0 bridgehead atoms. The third-order valence-corrected chi connectivity index (χ3v) is 4.47. The minimum atomic E-state index is -4.31. The van der Waals surface area contributed by atoms with Crippen molar-refractivity contribution in [1.82, 2.24) is 10.2 Å². The van der Waals surface area contributed by atoms with Gasteiger partial charge >= 0.3 is 18.1 Å². The van der Waals surface area contributed by atoms with Gasteiger partial charge in [0.25, 0.3) is 0 Å². The number of carboxylic acids is 2. The smallest absolute Gasteiger partial charge is 0.416 e. The zero-order chi connectivity index (χ0) is 22.6. The number of carboxylic acid groups (broad SMARTS) is 2. The monoisotopic (exact) mass is 432 g/mol. The number of aliphatic carboxylic acids is 2. The normalized spacial score (nSPS) is 15.1. The third-order valence-electron chi connectivity index (χ3n) is 4.47. The summed E-state index contributed by atoms with van der Waals surface area (Å²) in [6, 6.07) is 6.14. The van der Waals surface area contributed by atoms with Crippen LogP contribution in [0.3, 0.4) is 0 Å². The molecule has 30 heavy (non-hydrogen) atoms. The van der Waals surface area contributed by atoms with Gasteiger partial charge in [0.05, 0.1) is 12.2 Å². The van der Waals surface area contributed by atoms with Crippen molar-refractivity contribution in [3.63, 3.8) is 0 Å². The number of hydrogen-bond donors (Lipinski definition) is 3. The highest BCUT2D eigenvalue weighted by atomic mass is 19.4. The van der Waals surface area contributed by atoms with Crippen molar-refractivity contribution >= 4 is 11.9 Å². The maximum absolute atomic E-state index is 13.1. The lowest BCUT2D eigenvalue weighted by molar-refractivity contribution is -0.138. The van der Waals surface area contributed by atoms with E-state index in [2.05, 4.69) is 10.2 Å². The third kappa shape index (κ3) is 9.86. The first-order chi connectivity index (χ1) is 14.1. The molecule has 7 nitrogen and oxygen atoms in total. The molecule has 10 heteroatoms. The first kappa shape index (κ1) is 25.6. The van der Waals surface area contributed by atoms with Gasteiger partial charge in [-0.25, -0.2) is 9.59 Å². The van der Waals surface area contributed by atoms with Crippen LogP contribution in [0.4, 0.5) is 13.2 Å². The van der Waals surface area contributed by atoms with Crippen LogP contribution in [0, 0.1) is 0 Å². The quantitative estimate of drug-likeness (QED) is 0.543. The summed E-state index contributed by atoms with van der Waals surface area (Å²) >= 11 is 0. The molecule has 0 aliphatic carbocycles. The fraction of sp³-hybridized carbons (Fsp3) is 0.500. The van der Waals surface area contributed by atoms with E-state index in [0.717, 1.165) is 32.0 Å². The first-order valence-corrected chi connectivity index (χ1v) is 9.38. The molecule has 0 aromatic heterocycles. The van der Waals surface area contributed by atoms with Crippen molar-refractivity contribution < 1.29 is 37.7 Å². The van der Waals surface area contributed by atoms with Crippen LogP contribution in [-0.2, 0) is 27.0 Å². The van der Waals surface area contributed by atoms with E-state index in [-0.39, 0.29) is 0 Å². The second kappa shape index (κ2) is 13.0. The Morgan fingerprint density at radius 3 is 2.23 bits per heavy atom. The number of nitrogens with zero attached hydrogens (tertiary/aromatic N) is 1. The Morgan fingerprint density at radius 1 is 1.17 bits per heavy atom. The van der Waals surface area contributed by atoms with E-state index in [1.807, 2.05) is 0 Å². The number of ether oxygens (including phenoxy) is 1. The fourth-order valence-electron chi connectivity index (χ4n) is 3.07. The summed E-state index contributed by atoms with van der Waals surface area (Å²) in [7, 11) is 1.62. The maximum atomic E-state index is 13.1. The largest absolute Gasteiger partial charge is 0.478 e. The van der Waals surface area contributed by atoms with Crippen molar-refractivity contribution in [2.45, 2.75) is 31.6 Å². The van der Waals surface area contributed by atoms with Crippen LogP contribution < -0.4 is 5.32 Å². The van der Waals surface area contributed by atoms with Gasteiger partial charge in [-0.05, 0) is 37.6 Å². The number of benzene rings is 1. The van der Waals surface area contributed by atoms with Gasteiger partial charge in [-0.15, -0.1) is 0 Å². The molecular weight excluding hydrogens is 405 g/mol. The van der Waals surface area contributed by atoms with Gasteiger partial charge in [0.15, 0.2) is 0 Å². The summed E-state index contributed by atoms with van der Waals surface area (Å²) in [5.41, 5.74) is -0.198. The average Bonchev–Trinajstić information content (AvgIpc) is 2.70. The predicted octanol–water partition coefficient (Wildman–Crippen LogP) is 2.62. The summed E-state index contributed by atoms with van der Waals surface area (Å²) in [5, 5.41) is 18.9. The molecule has 3 N–H and O–H groups in total. The van der Waals surface area contributed by atoms with Gasteiger partial charge in [-0.2, -0.15) is 13.2 Å². The number of methoxy groups -OCH3 is 1. The molecule has 0 spiro atoms. The zero-order valence-electron chi connectivity index (χ0n) is 16.7. The highest BCUT2D eigenvalue weighted by Gasteiger charge is 2.33. The number of nitrogens with one attached hydrogen (secondary N) is 1. The highest BCUT2D eigenvalue weighted by molar-refractivity contribution is 5.89.